The van der Waals surface area contributed by atoms with E-state index in [1.165, 1.54) is 6.20 Å². The van der Waals surface area contributed by atoms with Gasteiger partial charge in [-0.05, 0) is 25.1 Å². The Morgan fingerprint density at radius 1 is 1.09 bits per heavy atom. The van der Waals surface area contributed by atoms with Crippen molar-refractivity contribution < 1.29 is 9.53 Å². The van der Waals surface area contributed by atoms with Crippen LogP contribution in [0.2, 0.25) is 0 Å². The highest BCUT2D eigenvalue weighted by atomic mass is 16.5. The van der Waals surface area contributed by atoms with Crippen LogP contribution < -0.4 is 10.9 Å². The Labute approximate surface area is 132 Å². The number of aromatic nitrogens is 3. The number of hydrogen-bond donors (Lipinski definition) is 2. The lowest BCUT2D eigenvalue weighted by Gasteiger charge is -2.15. The summed E-state index contributed by atoms with van der Waals surface area (Å²) in [5.41, 5.74) is 8.54. The van der Waals surface area contributed by atoms with Crippen molar-refractivity contribution in [2.45, 2.75) is 6.92 Å². The standard InChI is InChI=1S/C16H15N5O2/c1-2-23-16(22)13-10-19-14-5-8-18-9-12(14)15(13)21-20-11-3-6-17-7-4-11/h3-10H,2H2,1H3,(H,17,20)(H,19,21). The molecule has 0 atom stereocenters. The van der Waals surface area contributed by atoms with Crippen LogP contribution in [0.3, 0.4) is 0 Å². The summed E-state index contributed by atoms with van der Waals surface area (Å²) >= 11 is 0. The number of nitrogens with one attached hydrogen (secondary N) is 2. The maximum absolute atomic E-state index is 12.2. The van der Waals surface area contributed by atoms with Gasteiger partial charge >= 0.3 is 5.97 Å². The first kappa shape index (κ1) is 14.7. The van der Waals surface area contributed by atoms with Gasteiger partial charge in [0.2, 0.25) is 0 Å². The van der Waals surface area contributed by atoms with E-state index in [1.807, 2.05) is 0 Å². The van der Waals surface area contributed by atoms with E-state index < -0.39 is 5.97 Å². The number of esters is 1. The Morgan fingerprint density at radius 2 is 1.87 bits per heavy atom. The Balaban J connectivity index is 2.00. The Kier molecular flexibility index (Phi) is 4.28. The highest BCUT2D eigenvalue weighted by Crippen LogP contribution is 2.26. The van der Waals surface area contributed by atoms with E-state index in [4.69, 9.17) is 4.74 Å². The summed E-state index contributed by atoms with van der Waals surface area (Å²) in [6, 6.07) is 5.39. The fourth-order valence-corrected chi connectivity index (χ4v) is 2.10. The SMILES string of the molecule is CCOC(=O)c1cnc2ccncc2c1NNc1ccncc1. The molecule has 0 spiro atoms. The maximum Gasteiger partial charge on any atom is 0.341 e. The zero-order chi connectivity index (χ0) is 16.1. The topological polar surface area (TPSA) is 89.0 Å². The van der Waals surface area contributed by atoms with Gasteiger partial charge in [0.05, 0.1) is 23.5 Å². The molecule has 116 valence electrons. The van der Waals surface area contributed by atoms with E-state index >= 15 is 0 Å². The number of carbonyl (C=O) groups is 1. The molecule has 0 bridgehead atoms. The van der Waals surface area contributed by atoms with Crippen LogP contribution in [-0.2, 0) is 4.74 Å². The number of rotatable bonds is 5. The van der Waals surface area contributed by atoms with Crippen molar-refractivity contribution in [1.29, 1.82) is 0 Å². The van der Waals surface area contributed by atoms with Crippen LogP contribution in [-0.4, -0.2) is 27.5 Å². The molecule has 0 aliphatic heterocycles. The summed E-state index contributed by atoms with van der Waals surface area (Å²) < 4.78 is 5.09. The summed E-state index contributed by atoms with van der Waals surface area (Å²) in [5.74, 6) is -0.440. The summed E-state index contributed by atoms with van der Waals surface area (Å²) in [5, 5.41) is 0.722. The van der Waals surface area contributed by atoms with Crippen LogP contribution in [0.5, 0.6) is 0 Å². The number of nitrogens with zero attached hydrogens (tertiary/aromatic N) is 3. The van der Waals surface area contributed by atoms with Crippen LogP contribution >= 0.6 is 0 Å². The minimum absolute atomic E-state index is 0.293. The zero-order valence-electron chi connectivity index (χ0n) is 12.5. The Bertz CT molecular complexity index is 823. The lowest BCUT2D eigenvalue weighted by Crippen LogP contribution is -2.15. The molecule has 0 amide bonds. The molecule has 0 saturated carbocycles. The molecule has 2 N–H and O–H groups in total. The molecule has 3 aromatic heterocycles. The zero-order valence-corrected chi connectivity index (χ0v) is 12.5. The van der Waals surface area contributed by atoms with Gasteiger partial charge in [-0.15, -0.1) is 0 Å². The molecule has 0 radical (unpaired) electrons. The predicted molar refractivity (Wildman–Crippen MR) is 87.0 cm³/mol. The molecule has 3 heterocycles. The number of ether oxygens (including phenoxy) is 1. The van der Waals surface area contributed by atoms with E-state index in [1.54, 1.807) is 49.9 Å². The molecule has 7 heteroatoms. The number of anilines is 2. The van der Waals surface area contributed by atoms with Gasteiger partial charge in [-0.1, -0.05) is 0 Å². The molecule has 0 saturated heterocycles. The monoisotopic (exact) mass is 309 g/mol. The van der Waals surface area contributed by atoms with Crippen LogP contribution in [0.25, 0.3) is 10.9 Å². The van der Waals surface area contributed by atoms with Crippen molar-refractivity contribution in [2.24, 2.45) is 0 Å². The molecule has 0 unspecified atom stereocenters. The van der Waals surface area contributed by atoms with E-state index in [0.29, 0.717) is 17.9 Å². The molecule has 3 rings (SSSR count). The van der Waals surface area contributed by atoms with Gasteiger partial charge in [0.15, 0.2) is 0 Å². The highest BCUT2D eigenvalue weighted by molar-refractivity contribution is 6.04. The van der Waals surface area contributed by atoms with E-state index in [2.05, 4.69) is 25.8 Å². The first-order valence-corrected chi connectivity index (χ1v) is 7.11. The fraction of sp³-hybridized carbons (Fsp3) is 0.125. The van der Waals surface area contributed by atoms with Crippen molar-refractivity contribution in [3.63, 3.8) is 0 Å². The van der Waals surface area contributed by atoms with E-state index in [-0.39, 0.29) is 0 Å². The minimum atomic E-state index is -0.440. The third kappa shape index (κ3) is 3.18. The number of carbonyl (C=O) groups excluding carboxylic acids is 1. The van der Waals surface area contributed by atoms with Gasteiger partial charge in [0, 0.05) is 36.4 Å². The normalized spacial score (nSPS) is 10.3. The van der Waals surface area contributed by atoms with Crippen molar-refractivity contribution >= 4 is 28.2 Å². The number of pyridine rings is 3. The van der Waals surface area contributed by atoms with Crippen LogP contribution in [0, 0.1) is 0 Å². The Morgan fingerprint density at radius 3 is 2.65 bits per heavy atom. The molecule has 0 fully saturated rings. The largest absolute Gasteiger partial charge is 0.462 e. The molecule has 0 aliphatic rings. The number of fused-ring (bicyclic) bond motifs is 1. The number of hydrazine groups is 1. The van der Waals surface area contributed by atoms with Gasteiger partial charge < -0.3 is 10.2 Å². The van der Waals surface area contributed by atoms with Crippen molar-refractivity contribution in [1.82, 2.24) is 15.0 Å². The summed E-state index contributed by atoms with van der Waals surface area (Å²) in [6.45, 7) is 2.05. The number of hydrogen-bond acceptors (Lipinski definition) is 7. The minimum Gasteiger partial charge on any atom is -0.462 e. The summed E-state index contributed by atoms with van der Waals surface area (Å²) in [4.78, 5) is 24.5. The van der Waals surface area contributed by atoms with Gasteiger partial charge in [0.25, 0.3) is 0 Å². The van der Waals surface area contributed by atoms with Crippen LogP contribution in [0.15, 0.2) is 49.2 Å². The molecule has 0 aliphatic carbocycles. The average molecular weight is 309 g/mol. The second-order valence-electron chi connectivity index (χ2n) is 4.65. The van der Waals surface area contributed by atoms with Crippen LogP contribution in [0.1, 0.15) is 17.3 Å². The lowest BCUT2D eigenvalue weighted by atomic mass is 10.1. The highest BCUT2D eigenvalue weighted by Gasteiger charge is 2.16. The quantitative estimate of drug-likeness (QED) is 0.553. The van der Waals surface area contributed by atoms with Gasteiger partial charge in [-0.25, -0.2) is 4.79 Å². The summed E-state index contributed by atoms with van der Waals surface area (Å²) in [7, 11) is 0. The second-order valence-corrected chi connectivity index (χ2v) is 4.65. The molecule has 23 heavy (non-hydrogen) atoms. The smallest absolute Gasteiger partial charge is 0.341 e. The predicted octanol–water partition coefficient (Wildman–Crippen LogP) is 2.64. The Hall–Kier alpha value is -3.22. The third-order valence-electron chi connectivity index (χ3n) is 3.18. The maximum atomic E-state index is 12.2. The molecular weight excluding hydrogens is 294 g/mol. The third-order valence-corrected chi connectivity index (χ3v) is 3.18. The summed E-state index contributed by atoms with van der Waals surface area (Å²) in [6.07, 6.45) is 8.14. The van der Waals surface area contributed by atoms with Crippen molar-refractivity contribution in [2.75, 3.05) is 17.5 Å². The lowest BCUT2D eigenvalue weighted by molar-refractivity contribution is 0.0527. The van der Waals surface area contributed by atoms with Gasteiger partial charge in [-0.3, -0.25) is 20.4 Å². The van der Waals surface area contributed by atoms with E-state index in [9.17, 15) is 4.79 Å². The van der Waals surface area contributed by atoms with Crippen LogP contribution in [0.4, 0.5) is 11.4 Å². The first-order valence-electron chi connectivity index (χ1n) is 7.11. The first-order chi connectivity index (χ1) is 11.3. The molecular formula is C16H15N5O2. The average Bonchev–Trinajstić information content (AvgIpc) is 2.60. The fourth-order valence-electron chi connectivity index (χ4n) is 2.10. The van der Waals surface area contributed by atoms with Crippen molar-refractivity contribution in [3.05, 3.63) is 54.7 Å². The van der Waals surface area contributed by atoms with Gasteiger partial charge in [-0.2, -0.15) is 0 Å². The molecule has 3 aromatic rings. The molecule has 0 aromatic carbocycles. The van der Waals surface area contributed by atoms with E-state index in [0.717, 1.165) is 16.6 Å². The van der Waals surface area contributed by atoms with Crippen molar-refractivity contribution in [3.8, 4) is 0 Å². The second kappa shape index (κ2) is 6.69. The van der Waals surface area contributed by atoms with Gasteiger partial charge in [0.1, 0.15) is 5.56 Å². The molecule has 7 nitrogen and oxygen atoms in total.